The number of piperidine rings is 1. The standard InChI is InChI=1S/C32H32ClFN4O/c1-35-26-4-2-3-23(18-26)24-7-9-28-25(17-24)11-14-38(21-31(39)36-27-8-10-30(34)29(33)19-27)32(28)12-15-37(16-13-32)20-22-5-6-22/h2-4,7-10,17-19,22H,5-6,11-16,20-21H2,(H,36,39). The molecule has 2 fully saturated rings. The van der Waals surface area contributed by atoms with Gasteiger partial charge in [0.2, 0.25) is 5.91 Å². The molecule has 39 heavy (non-hydrogen) atoms. The molecule has 0 radical (unpaired) electrons. The summed E-state index contributed by atoms with van der Waals surface area (Å²) in [5.41, 5.74) is 5.77. The van der Waals surface area contributed by atoms with Crippen LogP contribution in [0.1, 0.15) is 36.8 Å². The minimum atomic E-state index is -0.501. The number of carbonyl (C=O) groups excluding carboxylic acids is 1. The number of anilines is 1. The number of fused-ring (bicyclic) bond motifs is 2. The highest BCUT2D eigenvalue weighted by molar-refractivity contribution is 6.31. The van der Waals surface area contributed by atoms with E-state index >= 15 is 0 Å². The van der Waals surface area contributed by atoms with Crippen molar-refractivity contribution in [3.8, 4) is 11.1 Å². The molecule has 3 aromatic carbocycles. The SMILES string of the molecule is [C-]#[N+]c1cccc(-c2ccc3c(c2)CCN(CC(=O)Nc2ccc(F)c(Cl)c2)C32CCN(CC3CC3)CC2)c1. The van der Waals surface area contributed by atoms with E-state index in [1.54, 1.807) is 6.07 Å². The van der Waals surface area contributed by atoms with E-state index in [-0.39, 0.29) is 23.0 Å². The van der Waals surface area contributed by atoms with Crippen molar-refractivity contribution < 1.29 is 9.18 Å². The first-order chi connectivity index (χ1) is 18.9. The van der Waals surface area contributed by atoms with Gasteiger partial charge in [0.25, 0.3) is 0 Å². The molecule has 5 nitrogen and oxygen atoms in total. The maximum atomic E-state index is 13.6. The summed E-state index contributed by atoms with van der Waals surface area (Å²) in [6, 6.07) is 18.8. The largest absolute Gasteiger partial charge is 0.325 e. The number of benzene rings is 3. The van der Waals surface area contributed by atoms with Crippen LogP contribution in [-0.4, -0.2) is 48.4 Å². The second-order valence-corrected chi connectivity index (χ2v) is 11.6. The van der Waals surface area contributed by atoms with Crippen LogP contribution in [0, 0.1) is 18.3 Å². The molecule has 2 heterocycles. The maximum absolute atomic E-state index is 13.6. The van der Waals surface area contributed by atoms with E-state index in [4.69, 9.17) is 18.2 Å². The van der Waals surface area contributed by atoms with Gasteiger partial charge in [-0.15, -0.1) is 0 Å². The van der Waals surface area contributed by atoms with Crippen molar-refractivity contribution in [3.05, 3.63) is 94.0 Å². The molecule has 1 saturated carbocycles. The maximum Gasteiger partial charge on any atom is 0.238 e. The summed E-state index contributed by atoms with van der Waals surface area (Å²) in [5, 5.41) is 2.92. The van der Waals surface area contributed by atoms with Gasteiger partial charge in [-0.05, 0) is 84.5 Å². The van der Waals surface area contributed by atoms with Crippen LogP contribution in [0.25, 0.3) is 16.0 Å². The van der Waals surface area contributed by atoms with Gasteiger partial charge < -0.3 is 10.2 Å². The molecule has 0 bridgehead atoms. The highest BCUT2D eigenvalue weighted by Gasteiger charge is 2.45. The van der Waals surface area contributed by atoms with Gasteiger partial charge in [0.05, 0.1) is 18.1 Å². The smallest absolute Gasteiger partial charge is 0.238 e. The molecule has 3 aromatic rings. The molecule has 0 aromatic heterocycles. The molecule has 7 heteroatoms. The van der Waals surface area contributed by atoms with E-state index in [1.165, 1.54) is 42.6 Å². The highest BCUT2D eigenvalue weighted by Crippen LogP contribution is 2.45. The molecule has 1 amide bonds. The van der Waals surface area contributed by atoms with Crippen LogP contribution in [-0.2, 0) is 16.8 Å². The van der Waals surface area contributed by atoms with Gasteiger partial charge in [-0.3, -0.25) is 9.69 Å². The van der Waals surface area contributed by atoms with Crippen LogP contribution in [0.15, 0.2) is 60.7 Å². The molecule has 6 rings (SSSR count). The van der Waals surface area contributed by atoms with Crippen LogP contribution >= 0.6 is 11.6 Å². The monoisotopic (exact) mass is 542 g/mol. The van der Waals surface area contributed by atoms with E-state index < -0.39 is 5.82 Å². The summed E-state index contributed by atoms with van der Waals surface area (Å²) in [6.07, 6.45) is 5.52. The number of hydrogen-bond acceptors (Lipinski definition) is 3. The average molecular weight is 543 g/mol. The molecular formula is C32H32ClFN4O. The van der Waals surface area contributed by atoms with Crippen LogP contribution in [0.2, 0.25) is 5.02 Å². The molecule has 0 unspecified atom stereocenters. The molecule has 1 spiro atoms. The van der Waals surface area contributed by atoms with E-state index in [0.717, 1.165) is 55.9 Å². The summed E-state index contributed by atoms with van der Waals surface area (Å²) in [6.45, 7) is 11.7. The summed E-state index contributed by atoms with van der Waals surface area (Å²) in [7, 11) is 0. The molecule has 3 aliphatic rings. The number of nitrogens with one attached hydrogen (secondary N) is 1. The predicted octanol–water partition coefficient (Wildman–Crippen LogP) is 6.89. The Balaban J connectivity index is 1.27. The van der Waals surface area contributed by atoms with Crippen molar-refractivity contribution in [2.45, 2.75) is 37.6 Å². The molecular weight excluding hydrogens is 511 g/mol. The fraction of sp³-hybridized carbons (Fsp3) is 0.375. The number of halogens is 2. The Morgan fingerprint density at radius 3 is 2.59 bits per heavy atom. The van der Waals surface area contributed by atoms with Gasteiger partial charge in [-0.1, -0.05) is 48.0 Å². The molecule has 2 aliphatic heterocycles. The molecule has 200 valence electrons. The quantitative estimate of drug-likeness (QED) is 0.345. The topological polar surface area (TPSA) is 39.9 Å². The van der Waals surface area contributed by atoms with Gasteiger partial charge in [-0.2, -0.15) is 0 Å². The Kier molecular flexibility index (Phi) is 7.16. The van der Waals surface area contributed by atoms with Crippen LogP contribution in [0.3, 0.4) is 0 Å². The molecule has 1 N–H and O–H groups in total. The molecule has 0 atom stereocenters. The Hall–Kier alpha value is -3.24. The van der Waals surface area contributed by atoms with Crippen molar-refractivity contribution in [2.75, 3.05) is 38.0 Å². The van der Waals surface area contributed by atoms with Crippen LogP contribution in [0.4, 0.5) is 15.8 Å². The Morgan fingerprint density at radius 2 is 1.85 bits per heavy atom. The second-order valence-electron chi connectivity index (χ2n) is 11.2. The zero-order valence-corrected chi connectivity index (χ0v) is 22.7. The second kappa shape index (κ2) is 10.7. The van der Waals surface area contributed by atoms with Crippen molar-refractivity contribution in [3.63, 3.8) is 0 Å². The lowest BCUT2D eigenvalue weighted by molar-refractivity contribution is -0.120. The lowest BCUT2D eigenvalue weighted by Gasteiger charge is -2.52. The minimum Gasteiger partial charge on any atom is -0.325 e. The number of nitrogens with zero attached hydrogens (tertiary/aromatic N) is 3. The van der Waals surface area contributed by atoms with Gasteiger partial charge in [0.15, 0.2) is 5.69 Å². The van der Waals surface area contributed by atoms with Crippen molar-refractivity contribution in [1.29, 1.82) is 0 Å². The van der Waals surface area contributed by atoms with Gasteiger partial charge >= 0.3 is 0 Å². The average Bonchev–Trinajstić information content (AvgIpc) is 3.77. The van der Waals surface area contributed by atoms with Crippen molar-refractivity contribution >= 4 is 28.9 Å². The third-order valence-corrected chi connectivity index (χ3v) is 8.90. The zero-order chi connectivity index (χ0) is 27.0. The van der Waals surface area contributed by atoms with E-state index in [2.05, 4.69) is 44.2 Å². The fourth-order valence-electron chi connectivity index (χ4n) is 6.36. The fourth-order valence-corrected chi connectivity index (χ4v) is 6.54. The van der Waals surface area contributed by atoms with Gasteiger partial charge in [-0.25, -0.2) is 9.24 Å². The zero-order valence-electron chi connectivity index (χ0n) is 21.9. The lowest BCUT2D eigenvalue weighted by atomic mass is 9.73. The number of rotatable bonds is 6. The molecule has 1 aliphatic carbocycles. The summed E-state index contributed by atoms with van der Waals surface area (Å²) in [5.74, 6) is 0.240. The summed E-state index contributed by atoms with van der Waals surface area (Å²) < 4.78 is 13.6. The van der Waals surface area contributed by atoms with Gasteiger partial charge in [0.1, 0.15) is 5.82 Å². The number of hydrogen-bond donors (Lipinski definition) is 1. The van der Waals surface area contributed by atoms with Crippen LogP contribution in [0.5, 0.6) is 0 Å². The number of amides is 1. The first-order valence-corrected chi connectivity index (χ1v) is 14.1. The highest BCUT2D eigenvalue weighted by atomic mass is 35.5. The number of likely N-dealkylation sites (tertiary alicyclic amines) is 1. The van der Waals surface area contributed by atoms with Crippen molar-refractivity contribution in [2.24, 2.45) is 5.92 Å². The van der Waals surface area contributed by atoms with E-state index in [1.807, 2.05) is 18.2 Å². The third-order valence-electron chi connectivity index (χ3n) is 8.61. The normalized spacial score (nSPS) is 18.9. The number of carbonyl (C=O) groups is 1. The van der Waals surface area contributed by atoms with Crippen LogP contribution < -0.4 is 5.32 Å². The Labute approximate surface area is 234 Å². The first-order valence-electron chi connectivity index (χ1n) is 13.8. The van der Waals surface area contributed by atoms with E-state index in [0.29, 0.717) is 11.4 Å². The first kappa shape index (κ1) is 26.0. The predicted molar refractivity (Wildman–Crippen MR) is 154 cm³/mol. The summed E-state index contributed by atoms with van der Waals surface area (Å²) in [4.78, 5) is 21.8. The van der Waals surface area contributed by atoms with E-state index in [9.17, 15) is 9.18 Å². The Morgan fingerprint density at radius 1 is 1.05 bits per heavy atom. The lowest BCUT2D eigenvalue weighted by Crippen LogP contribution is -2.58. The Bertz CT molecular complexity index is 1440. The van der Waals surface area contributed by atoms with Gasteiger partial charge in [0, 0.05) is 37.4 Å². The third kappa shape index (κ3) is 5.45. The molecule has 1 saturated heterocycles. The van der Waals surface area contributed by atoms with Crippen molar-refractivity contribution in [1.82, 2.24) is 9.80 Å². The summed E-state index contributed by atoms with van der Waals surface area (Å²) >= 11 is 5.93. The minimum absolute atomic E-state index is 0.00283.